The number of nitrogens with zero attached hydrogens (tertiary/aromatic N) is 2. The molecule has 0 fully saturated rings. The van der Waals surface area contributed by atoms with Gasteiger partial charge in [0.05, 0.1) is 12.3 Å². The molecule has 0 saturated heterocycles. The van der Waals surface area contributed by atoms with E-state index in [2.05, 4.69) is 10.3 Å². The van der Waals surface area contributed by atoms with Crippen LogP contribution in [0.3, 0.4) is 0 Å². The van der Waals surface area contributed by atoms with E-state index in [1.165, 1.54) is 0 Å². The summed E-state index contributed by atoms with van der Waals surface area (Å²) < 4.78 is 6.66. The zero-order valence-corrected chi connectivity index (χ0v) is 9.69. The van der Waals surface area contributed by atoms with Gasteiger partial charge in [-0.15, -0.1) is 0 Å². The molecule has 0 saturated carbocycles. The molecule has 0 amide bonds. The number of rotatable bonds is 5. The fraction of sp³-hybridized carbons (Fsp3) is 0.625. The Morgan fingerprint density at radius 3 is 2.71 bits per heavy atom. The highest BCUT2D eigenvalue weighted by molar-refractivity contribution is 6.32. The van der Waals surface area contributed by atoms with Gasteiger partial charge < -0.3 is 14.6 Å². The second-order valence-electron chi connectivity index (χ2n) is 2.85. The van der Waals surface area contributed by atoms with E-state index in [4.69, 9.17) is 27.9 Å². The molecule has 1 aromatic rings. The lowest BCUT2D eigenvalue weighted by atomic mass is 10.4. The molecular formula is C8H13Cl2N3O. The van der Waals surface area contributed by atoms with Gasteiger partial charge in [0, 0.05) is 27.2 Å². The van der Waals surface area contributed by atoms with Crippen molar-refractivity contribution in [1.29, 1.82) is 0 Å². The van der Waals surface area contributed by atoms with E-state index >= 15 is 0 Å². The summed E-state index contributed by atoms with van der Waals surface area (Å²) in [6, 6.07) is 0. The SMILES string of the molecule is COCCNCc1c(Cl)nc(Cl)n1C. The molecule has 0 bridgehead atoms. The highest BCUT2D eigenvalue weighted by Gasteiger charge is 2.10. The van der Waals surface area contributed by atoms with Crippen molar-refractivity contribution in [3.8, 4) is 0 Å². The van der Waals surface area contributed by atoms with Gasteiger partial charge in [-0.2, -0.15) is 0 Å². The van der Waals surface area contributed by atoms with Crippen LogP contribution in [0.15, 0.2) is 0 Å². The highest BCUT2D eigenvalue weighted by atomic mass is 35.5. The van der Waals surface area contributed by atoms with Crippen molar-refractivity contribution >= 4 is 23.2 Å². The van der Waals surface area contributed by atoms with Gasteiger partial charge in [0.1, 0.15) is 0 Å². The van der Waals surface area contributed by atoms with Crippen molar-refractivity contribution < 1.29 is 4.74 Å². The van der Waals surface area contributed by atoms with E-state index < -0.39 is 0 Å². The average molecular weight is 238 g/mol. The largest absolute Gasteiger partial charge is 0.383 e. The van der Waals surface area contributed by atoms with Gasteiger partial charge in [-0.05, 0) is 11.6 Å². The zero-order valence-electron chi connectivity index (χ0n) is 8.18. The first-order chi connectivity index (χ1) is 6.66. The quantitative estimate of drug-likeness (QED) is 0.789. The summed E-state index contributed by atoms with van der Waals surface area (Å²) in [4.78, 5) is 3.93. The second kappa shape index (κ2) is 5.56. The lowest BCUT2D eigenvalue weighted by molar-refractivity contribution is 0.199. The Kier molecular flexibility index (Phi) is 4.68. The van der Waals surface area contributed by atoms with E-state index in [0.717, 1.165) is 12.2 Å². The van der Waals surface area contributed by atoms with Crippen LogP contribution in [0.1, 0.15) is 5.69 Å². The molecule has 0 radical (unpaired) electrons. The fourth-order valence-electron chi connectivity index (χ4n) is 1.04. The van der Waals surface area contributed by atoms with Gasteiger partial charge in [-0.1, -0.05) is 11.6 Å². The van der Waals surface area contributed by atoms with Crippen LogP contribution in [0.25, 0.3) is 0 Å². The summed E-state index contributed by atoms with van der Waals surface area (Å²) in [7, 11) is 3.49. The number of ether oxygens (including phenoxy) is 1. The summed E-state index contributed by atoms with van der Waals surface area (Å²) in [5.41, 5.74) is 0.882. The first-order valence-electron chi connectivity index (χ1n) is 4.23. The van der Waals surface area contributed by atoms with Crippen molar-refractivity contribution in [2.24, 2.45) is 7.05 Å². The molecule has 0 aliphatic heterocycles. The van der Waals surface area contributed by atoms with E-state index in [1.807, 2.05) is 7.05 Å². The van der Waals surface area contributed by atoms with Crippen LogP contribution >= 0.6 is 23.2 Å². The standard InChI is InChI=1S/C8H13Cl2N3O/c1-13-6(5-11-3-4-14-2)7(9)12-8(13)10/h11H,3-5H2,1-2H3. The number of halogens is 2. The number of hydrogen-bond acceptors (Lipinski definition) is 3. The lowest BCUT2D eigenvalue weighted by Gasteiger charge is -2.05. The van der Waals surface area contributed by atoms with Gasteiger partial charge in [0.2, 0.25) is 5.28 Å². The molecule has 0 aliphatic carbocycles. The van der Waals surface area contributed by atoms with Crippen molar-refractivity contribution in [2.75, 3.05) is 20.3 Å². The Morgan fingerprint density at radius 1 is 1.50 bits per heavy atom. The predicted octanol–water partition coefficient (Wildman–Crippen LogP) is 1.46. The maximum atomic E-state index is 5.88. The molecule has 0 aromatic carbocycles. The van der Waals surface area contributed by atoms with Crippen LogP contribution in [0.5, 0.6) is 0 Å². The number of aromatic nitrogens is 2. The van der Waals surface area contributed by atoms with Gasteiger partial charge in [-0.25, -0.2) is 4.98 Å². The molecule has 1 rings (SSSR count). The minimum atomic E-state index is 0.401. The van der Waals surface area contributed by atoms with Gasteiger partial charge in [0.25, 0.3) is 0 Å². The third kappa shape index (κ3) is 2.85. The molecule has 6 heteroatoms. The van der Waals surface area contributed by atoms with Gasteiger partial charge in [0.15, 0.2) is 5.15 Å². The Hall–Kier alpha value is -0.290. The maximum Gasteiger partial charge on any atom is 0.204 e. The van der Waals surface area contributed by atoms with E-state index in [-0.39, 0.29) is 0 Å². The summed E-state index contributed by atoms with van der Waals surface area (Å²) in [6.07, 6.45) is 0. The number of hydrogen-bond donors (Lipinski definition) is 1. The van der Waals surface area contributed by atoms with Crippen LogP contribution in [-0.2, 0) is 18.3 Å². The van der Waals surface area contributed by atoms with Crippen LogP contribution in [0, 0.1) is 0 Å². The van der Waals surface area contributed by atoms with Gasteiger partial charge in [-0.3, -0.25) is 0 Å². The minimum absolute atomic E-state index is 0.401. The van der Waals surface area contributed by atoms with Crippen molar-refractivity contribution in [3.05, 3.63) is 16.1 Å². The number of methoxy groups -OCH3 is 1. The third-order valence-electron chi connectivity index (χ3n) is 1.89. The first kappa shape index (κ1) is 11.8. The highest BCUT2D eigenvalue weighted by Crippen LogP contribution is 2.18. The van der Waals surface area contributed by atoms with Gasteiger partial charge >= 0.3 is 0 Å². The fourth-order valence-corrected chi connectivity index (χ4v) is 1.55. The van der Waals surface area contributed by atoms with Crippen LogP contribution < -0.4 is 5.32 Å². The van der Waals surface area contributed by atoms with Crippen molar-refractivity contribution in [3.63, 3.8) is 0 Å². The third-order valence-corrected chi connectivity index (χ3v) is 2.53. The number of imidazole rings is 1. The minimum Gasteiger partial charge on any atom is -0.383 e. The van der Waals surface area contributed by atoms with Crippen molar-refractivity contribution in [1.82, 2.24) is 14.9 Å². The van der Waals surface area contributed by atoms with E-state index in [9.17, 15) is 0 Å². The molecule has 0 atom stereocenters. The normalized spacial score (nSPS) is 10.9. The monoisotopic (exact) mass is 237 g/mol. The summed E-state index contributed by atoms with van der Waals surface area (Å²) in [6.45, 7) is 2.08. The van der Waals surface area contributed by atoms with E-state index in [0.29, 0.717) is 23.6 Å². The summed E-state index contributed by atoms with van der Waals surface area (Å²) in [5, 5.41) is 4.02. The van der Waals surface area contributed by atoms with Crippen LogP contribution in [0.2, 0.25) is 10.4 Å². The molecule has 0 unspecified atom stereocenters. The molecule has 0 spiro atoms. The molecule has 4 nitrogen and oxygen atoms in total. The average Bonchev–Trinajstić information content (AvgIpc) is 2.38. The van der Waals surface area contributed by atoms with Crippen LogP contribution in [-0.4, -0.2) is 29.8 Å². The Labute approximate surface area is 93.2 Å². The zero-order chi connectivity index (χ0) is 10.6. The maximum absolute atomic E-state index is 5.88. The summed E-state index contributed by atoms with van der Waals surface area (Å²) in [5.74, 6) is 0. The molecule has 1 heterocycles. The second-order valence-corrected chi connectivity index (χ2v) is 3.54. The molecule has 1 N–H and O–H groups in total. The Morgan fingerprint density at radius 2 is 2.21 bits per heavy atom. The first-order valence-corrected chi connectivity index (χ1v) is 4.98. The topological polar surface area (TPSA) is 39.1 Å². The molecule has 14 heavy (non-hydrogen) atoms. The molecular weight excluding hydrogens is 225 g/mol. The summed E-state index contributed by atoms with van der Waals surface area (Å²) >= 11 is 11.7. The van der Waals surface area contributed by atoms with Crippen molar-refractivity contribution in [2.45, 2.75) is 6.54 Å². The molecule has 1 aromatic heterocycles. The Balaban J connectivity index is 2.49. The Bertz CT molecular complexity index is 301. The van der Waals surface area contributed by atoms with Crippen LogP contribution in [0.4, 0.5) is 0 Å². The smallest absolute Gasteiger partial charge is 0.204 e. The predicted molar refractivity (Wildman–Crippen MR) is 56.8 cm³/mol. The number of nitrogens with one attached hydrogen (secondary N) is 1. The molecule has 0 aliphatic rings. The molecule has 80 valence electrons. The van der Waals surface area contributed by atoms with E-state index in [1.54, 1.807) is 11.7 Å². The lowest BCUT2D eigenvalue weighted by Crippen LogP contribution is -2.20.